The predicted octanol–water partition coefficient (Wildman–Crippen LogP) is 3.57. The van der Waals surface area contributed by atoms with Gasteiger partial charge in [0.1, 0.15) is 0 Å². The van der Waals surface area contributed by atoms with Crippen molar-refractivity contribution in [2.45, 2.75) is 25.7 Å². The molecule has 20 heavy (non-hydrogen) atoms. The van der Waals surface area contributed by atoms with E-state index in [1.165, 1.54) is 37.8 Å². The lowest BCUT2D eigenvalue weighted by molar-refractivity contribution is -0.384. The average Bonchev–Trinajstić information content (AvgIpc) is 2.73. The summed E-state index contributed by atoms with van der Waals surface area (Å²) in [7, 11) is 0. The standard InChI is InChI=1S/C14H18BrN3O2/c15-11-14(16-17-9-3-1-2-4-10-17)12-5-7-13(8-6-12)18(19)20/h5-8H,1-4,9-11H2/b16-14+. The van der Waals surface area contributed by atoms with Crippen LogP contribution in [-0.2, 0) is 0 Å². The first-order valence-corrected chi connectivity index (χ1v) is 7.96. The van der Waals surface area contributed by atoms with Crippen LogP contribution in [0.3, 0.4) is 0 Å². The Morgan fingerprint density at radius 1 is 1.20 bits per heavy atom. The quantitative estimate of drug-likeness (QED) is 0.364. The Hall–Kier alpha value is -1.43. The van der Waals surface area contributed by atoms with E-state index in [9.17, 15) is 10.1 Å². The number of hydrazone groups is 1. The molecule has 2 rings (SSSR count). The number of nitro benzene ring substituents is 1. The molecule has 0 saturated carbocycles. The number of nitrogens with zero attached hydrogens (tertiary/aromatic N) is 3. The highest BCUT2D eigenvalue weighted by Gasteiger charge is 2.11. The van der Waals surface area contributed by atoms with Gasteiger partial charge < -0.3 is 0 Å². The zero-order valence-corrected chi connectivity index (χ0v) is 12.9. The SMILES string of the molecule is O=[N+]([O-])c1ccc(/C(CBr)=N/N2CCCCCC2)cc1. The van der Waals surface area contributed by atoms with Crippen molar-refractivity contribution in [1.82, 2.24) is 5.01 Å². The lowest BCUT2D eigenvalue weighted by Gasteiger charge is -2.18. The molecule has 0 aliphatic carbocycles. The smallest absolute Gasteiger partial charge is 0.269 e. The van der Waals surface area contributed by atoms with Crippen molar-refractivity contribution in [2.24, 2.45) is 5.10 Å². The van der Waals surface area contributed by atoms with E-state index in [-0.39, 0.29) is 10.6 Å². The first-order chi connectivity index (χ1) is 9.70. The third-order valence-electron chi connectivity index (χ3n) is 3.38. The number of alkyl halides is 1. The van der Waals surface area contributed by atoms with Crippen molar-refractivity contribution in [1.29, 1.82) is 0 Å². The Morgan fingerprint density at radius 2 is 1.80 bits per heavy atom. The molecule has 1 aliphatic rings. The molecule has 1 aromatic rings. The maximum absolute atomic E-state index is 10.7. The van der Waals surface area contributed by atoms with Crippen LogP contribution >= 0.6 is 15.9 Å². The summed E-state index contributed by atoms with van der Waals surface area (Å²) in [5, 5.41) is 18.1. The predicted molar refractivity (Wildman–Crippen MR) is 83.5 cm³/mol. The first kappa shape index (κ1) is 15.0. The second kappa shape index (κ2) is 7.38. The van der Waals surface area contributed by atoms with Gasteiger partial charge in [0.15, 0.2) is 0 Å². The monoisotopic (exact) mass is 339 g/mol. The topological polar surface area (TPSA) is 58.7 Å². The van der Waals surface area contributed by atoms with Gasteiger partial charge >= 0.3 is 0 Å². The van der Waals surface area contributed by atoms with Crippen LogP contribution in [0.15, 0.2) is 29.4 Å². The van der Waals surface area contributed by atoms with E-state index in [4.69, 9.17) is 5.10 Å². The van der Waals surface area contributed by atoms with Crippen LogP contribution in [0.25, 0.3) is 0 Å². The molecule has 0 N–H and O–H groups in total. The summed E-state index contributed by atoms with van der Waals surface area (Å²) < 4.78 is 0. The Labute approximate surface area is 126 Å². The molecule has 108 valence electrons. The Bertz CT molecular complexity index is 480. The van der Waals surface area contributed by atoms with Gasteiger partial charge in [-0.1, -0.05) is 28.8 Å². The Kier molecular flexibility index (Phi) is 5.52. The van der Waals surface area contributed by atoms with Crippen molar-refractivity contribution in [2.75, 3.05) is 18.4 Å². The van der Waals surface area contributed by atoms with Gasteiger partial charge in [0.2, 0.25) is 0 Å². The van der Waals surface area contributed by atoms with Crippen LogP contribution < -0.4 is 0 Å². The molecular weight excluding hydrogens is 322 g/mol. The molecule has 0 unspecified atom stereocenters. The van der Waals surface area contributed by atoms with Crippen LogP contribution in [0, 0.1) is 10.1 Å². The molecule has 1 heterocycles. The van der Waals surface area contributed by atoms with Gasteiger partial charge in [0, 0.05) is 30.6 Å². The summed E-state index contributed by atoms with van der Waals surface area (Å²) in [5.41, 5.74) is 1.95. The minimum absolute atomic E-state index is 0.109. The number of non-ortho nitro benzene ring substituents is 1. The number of hydrogen-bond acceptors (Lipinski definition) is 4. The summed E-state index contributed by atoms with van der Waals surface area (Å²) >= 11 is 3.46. The third-order valence-corrected chi connectivity index (χ3v) is 3.91. The molecule has 0 bridgehead atoms. The van der Waals surface area contributed by atoms with Crippen molar-refractivity contribution in [3.63, 3.8) is 0 Å². The molecule has 1 saturated heterocycles. The molecule has 0 atom stereocenters. The largest absolute Gasteiger partial charge is 0.297 e. The zero-order chi connectivity index (χ0) is 14.4. The molecule has 5 nitrogen and oxygen atoms in total. The summed E-state index contributed by atoms with van der Waals surface area (Å²) in [6.45, 7) is 1.98. The fourth-order valence-electron chi connectivity index (χ4n) is 2.26. The maximum atomic E-state index is 10.7. The molecule has 1 aliphatic heterocycles. The van der Waals surface area contributed by atoms with Crippen LogP contribution in [-0.4, -0.2) is 34.1 Å². The van der Waals surface area contributed by atoms with Gasteiger partial charge in [0.25, 0.3) is 5.69 Å². The Morgan fingerprint density at radius 3 is 2.30 bits per heavy atom. The van der Waals surface area contributed by atoms with Crippen molar-refractivity contribution < 1.29 is 4.92 Å². The van der Waals surface area contributed by atoms with Gasteiger partial charge in [-0.25, -0.2) is 0 Å². The van der Waals surface area contributed by atoms with Crippen LogP contribution in [0.4, 0.5) is 5.69 Å². The van der Waals surface area contributed by atoms with Crippen molar-refractivity contribution in [3.05, 3.63) is 39.9 Å². The number of halogens is 1. The minimum Gasteiger partial charge on any atom is -0.297 e. The van der Waals surface area contributed by atoms with Crippen LogP contribution in [0.2, 0.25) is 0 Å². The first-order valence-electron chi connectivity index (χ1n) is 6.84. The highest BCUT2D eigenvalue weighted by atomic mass is 79.9. The number of benzene rings is 1. The fourth-order valence-corrected chi connectivity index (χ4v) is 2.70. The molecule has 0 spiro atoms. The molecule has 0 aromatic heterocycles. The minimum atomic E-state index is -0.385. The van der Waals surface area contributed by atoms with E-state index in [2.05, 4.69) is 20.9 Å². The zero-order valence-electron chi connectivity index (χ0n) is 11.3. The van der Waals surface area contributed by atoms with Crippen molar-refractivity contribution in [3.8, 4) is 0 Å². The highest BCUT2D eigenvalue weighted by Crippen LogP contribution is 2.15. The van der Waals surface area contributed by atoms with E-state index in [0.717, 1.165) is 24.4 Å². The summed E-state index contributed by atoms with van der Waals surface area (Å²) in [4.78, 5) is 10.3. The van der Waals surface area contributed by atoms with E-state index in [1.54, 1.807) is 12.1 Å². The summed E-state index contributed by atoms with van der Waals surface area (Å²) in [6.07, 6.45) is 4.90. The van der Waals surface area contributed by atoms with E-state index < -0.39 is 0 Å². The van der Waals surface area contributed by atoms with Crippen LogP contribution in [0.1, 0.15) is 31.2 Å². The Balaban J connectivity index is 2.15. The van der Waals surface area contributed by atoms with Crippen molar-refractivity contribution >= 4 is 27.3 Å². The fraction of sp³-hybridized carbons (Fsp3) is 0.500. The molecule has 6 heteroatoms. The normalized spacial score (nSPS) is 16.9. The van der Waals surface area contributed by atoms with Gasteiger partial charge in [-0.3, -0.25) is 15.1 Å². The van der Waals surface area contributed by atoms with Gasteiger partial charge in [0.05, 0.1) is 10.6 Å². The number of nitro groups is 1. The lowest BCUT2D eigenvalue weighted by atomic mass is 10.1. The highest BCUT2D eigenvalue weighted by molar-refractivity contribution is 9.09. The summed E-state index contributed by atoms with van der Waals surface area (Å²) in [5.74, 6) is 0. The molecule has 1 fully saturated rings. The van der Waals surface area contributed by atoms with E-state index in [0.29, 0.717) is 5.33 Å². The molecular formula is C14H18BrN3O2. The molecule has 1 aromatic carbocycles. The number of hydrogen-bond donors (Lipinski definition) is 0. The molecule has 0 amide bonds. The van der Waals surface area contributed by atoms with E-state index in [1.807, 2.05) is 0 Å². The second-order valence-electron chi connectivity index (χ2n) is 4.85. The average molecular weight is 340 g/mol. The second-order valence-corrected chi connectivity index (χ2v) is 5.41. The lowest BCUT2D eigenvalue weighted by Crippen LogP contribution is -2.21. The number of rotatable bonds is 4. The van der Waals surface area contributed by atoms with Gasteiger partial charge in [-0.2, -0.15) is 5.10 Å². The third kappa shape index (κ3) is 4.03. The van der Waals surface area contributed by atoms with Crippen LogP contribution in [0.5, 0.6) is 0 Å². The summed E-state index contributed by atoms with van der Waals surface area (Å²) in [6, 6.07) is 6.57. The molecule has 0 radical (unpaired) electrons. The van der Waals surface area contributed by atoms with Gasteiger partial charge in [-0.15, -0.1) is 0 Å². The van der Waals surface area contributed by atoms with E-state index >= 15 is 0 Å². The van der Waals surface area contributed by atoms with Gasteiger partial charge in [-0.05, 0) is 30.5 Å². The maximum Gasteiger partial charge on any atom is 0.269 e.